The fourth-order valence-corrected chi connectivity index (χ4v) is 3.35. The highest BCUT2D eigenvalue weighted by molar-refractivity contribution is 5.96. The number of carbonyl (C=O) groups is 2. The Hall–Kier alpha value is -2.18. The third-order valence-electron chi connectivity index (χ3n) is 4.62. The average molecular weight is 345 g/mol. The first-order valence-corrected chi connectivity index (χ1v) is 9.24. The van der Waals surface area contributed by atoms with Gasteiger partial charge >= 0.3 is 0 Å². The molecule has 0 unspecified atom stereocenters. The molecule has 25 heavy (non-hydrogen) atoms. The van der Waals surface area contributed by atoms with E-state index in [0.717, 1.165) is 43.6 Å². The molecule has 0 saturated carbocycles. The van der Waals surface area contributed by atoms with Crippen LogP contribution < -0.4 is 10.6 Å². The van der Waals surface area contributed by atoms with Gasteiger partial charge < -0.3 is 15.5 Å². The summed E-state index contributed by atoms with van der Waals surface area (Å²) in [6.07, 6.45) is 4.19. The predicted octanol–water partition coefficient (Wildman–Crippen LogP) is 1.39. The van der Waals surface area contributed by atoms with Gasteiger partial charge in [0.25, 0.3) is 5.91 Å². The van der Waals surface area contributed by atoms with Crippen molar-refractivity contribution in [2.75, 3.05) is 31.5 Å². The van der Waals surface area contributed by atoms with Gasteiger partial charge in [-0.25, -0.2) is 9.97 Å². The Balaban J connectivity index is 1.73. The molecule has 0 aromatic carbocycles. The molecule has 2 N–H and O–H groups in total. The van der Waals surface area contributed by atoms with Crippen LogP contribution in [0.1, 0.15) is 55.0 Å². The van der Waals surface area contributed by atoms with Crippen molar-refractivity contribution in [2.24, 2.45) is 5.92 Å². The second kappa shape index (κ2) is 7.80. The number of amides is 2. The van der Waals surface area contributed by atoms with Gasteiger partial charge in [0.15, 0.2) is 0 Å². The predicted molar refractivity (Wildman–Crippen MR) is 95.5 cm³/mol. The molecule has 7 heteroatoms. The molecule has 2 aliphatic heterocycles. The maximum Gasteiger partial charge on any atom is 0.270 e. The van der Waals surface area contributed by atoms with Crippen molar-refractivity contribution in [3.63, 3.8) is 0 Å². The number of aromatic nitrogens is 2. The monoisotopic (exact) mass is 345 g/mol. The van der Waals surface area contributed by atoms with Crippen LogP contribution in [0.15, 0.2) is 0 Å². The van der Waals surface area contributed by atoms with Gasteiger partial charge in [0.1, 0.15) is 17.3 Å². The second-order valence-corrected chi connectivity index (χ2v) is 7.18. The van der Waals surface area contributed by atoms with Crippen molar-refractivity contribution in [2.45, 2.75) is 46.0 Å². The number of likely N-dealkylation sites (tertiary alicyclic amines) is 1. The van der Waals surface area contributed by atoms with Gasteiger partial charge in [0.05, 0.1) is 0 Å². The fraction of sp³-hybridized carbons (Fsp3) is 0.667. The van der Waals surface area contributed by atoms with Gasteiger partial charge in [-0.1, -0.05) is 13.8 Å². The molecule has 0 aliphatic carbocycles. The van der Waals surface area contributed by atoms with Crippen molar-refractivity contribution >= 4 is 17.6 Å². The molecule has 2 amide bonds. The molecule has 3 heterocycles. The highest BCUT2D eigenvalue weighted by Gasteiger charge is 2.24. The summed E-state index contributed by atoms with van der Waals surface area (Å²) in [5.41, 5.74) is 1.38. The normalized spacial score (nSPS) is 17.5. The molecule has 0 atom stereocenters. The van der Waals surface area contributed by atoms with Crippen molar-refractivity contribution in [1.29, 1.82) is 0 Å². The number of hydrogen-bond donors (Lipinski definition) is 2. The van der Waals surface area contributed by atoms with Crippen molar-refractivity contribution in [1.82, 2.24) is 20.2 Å². The Labute approximate surface area is 148 Å². The molecular formula is C18H27N5O2. The third-order valence-corrected chi connectivity index (χ3v) is 4.62. The Morgan fingerprint density at radius 1 is 1.20 bits per heavy atom. The average Bonchev–Trinajstić information content (AvgIpc) is 2.57. The van der Waals surface area contributed by atoms with Crippen LogP contribution in [0.4, 0.5) is 5.82 Å². The first kappa shape index (κ1) is 17.6. The lowest BCUT2D eigenvalue weighted by Crippen LogP contribution is -2.39. The first-order valence-electron chi connectivity index (χ1n) is 9.24. The number of nitrogens with one attached hydrogen (secondary N) is 2. The van der Waals surface area contributed by atoms with Gasteiger partial charge in [0, 0.05) is 44.6 Å². The number of rotatable bonds is 6. The number of anilines is 1. The van der Waals surface area contributed by atoms with Crippen LogP contribution >= 0.6 is 0 Å². The van der Waals surface area contributed by atoms with E-state index in [2.05, 4.69) is 34.4 Å². The van der Waals surface area contributed by atoms with Gasteiger partial charge in [-0.05, 0) is 25.2 Å². The summed E-state index contributed by atoms with van der Waals surface area (Å²) in [7, 11) is 0. The SMILES string of the molecule is CC(C)Cc1nc(NCCN2CCCCC2=O)c2c(n1)C(=O)NCC2. The first-order chi connectivity index (χ1) is 12.0. The van der Waals surface area contributed by atoms with Crippen LogP contribution in [0.25, 0.3) is 0 Å². The zero-order chi connectivity index (χ0) is 17.8. The van der Waals surface area contributed by atoms with Crippen LogP contribution in [-0.2, 0) is 17.6 Å². The zero-order valence-corrected chi connectivity index (χ0v) is 15.1. The quantitative estimate of drug-likeness (QED) is 0.813. The summed E-state index contributed by atoms with van der Waals surface area (Å²) < 4.78 is 0. The Morgan fingerprint density at radius 2 is 2.04 bits per heavy atom. The van der Waals surface area contributed by atoms with Gasteiger partial charge in [-0.15, -0.1) is 0 Å². The molecule has 0 radical (unpaired) electrons. The third kappa shape index (κ3) is 4.27. The second-order valence-electron chi connectivity index (χ2n) is 7.18. The minimum atomic E-state index is -0.122. The van der Waals surface area contributed by atoms with E-state index in [0.29, 0.717) is 43.5 Å². The summed E-state index contributed by atoms with van der Waals surface area (Å²) in [5.74, 6) is 1.98. The molecule has 1 saturated heterocycles. The van der Waals surface area contributed by atoms with E-state index in [4.69, 9.17) is 0 Å². The van der Waals surface area contributed by atoms with Gasteiger partial charge in [-0.2, -0.15) is 0 Å². The van der Waals surface area contributed by atoms with Crippen LogP contribution in [0.5, 0.6) is 0 Å². The molecule has 1 fully saturated rings. The lowest BCUT2D eigenvalue weighted by molar-refractivity contribution is -0.133. The Morgan fingerprint density at radius 3 is 2.80 bits per heavy atom. The standard InChI is InChI=1S/C18H27N5O2/c1-12(2)11-14-21-16-13(6-7-20-18(16)25)17(22-14)19-8-10-23-9-4-3-5-15(23)24/h12H,3-11H2,1-2H3,(H,20,25)(H,19,21,22). The number of nitrogens with zero attached hydrogens (tertiary/aromatic N) is 3. The van der Waals surface area contributed by atoms with Crippen LogP contribution in [0.3, 0.4) is 0 Å². The van der Waals surface area contributed by atoms with Crippen LogP contribution in [-0.4, -0.2) is 52.9 Å². The smallest absolute Gasteiger partial charge is 0.270 e. The van der Waals surface area contributed by atoms with Crippen LogP contribution in [0, 0.1) is 5.92 Å². The topological polar surface area (TPSA) is 87.2 Å². The highest BCUT2D eigenvalue weighted by Crippen LogP contribution is 2.21. The zero-order valence-electron chi connectivity index (χ0n) is 15.1. The van der Waals surface area contributed by atoms with Crippen LogP contribution in [0.2, 0.25) is 0 Å². The molecule has 136 valence electrons. The molecule has 0 bridgehead atoms. The van der Waals surface area contributed by atoms with Crippen molar-refractivity contribution in [3.05, 3.63) is 17.1 Å². The highest BCUT2D eigenvalue weighted by atomic mass is 16.2. The number of hydrogen-bond acceptors (Lipinski definition) is 5. The summed E-state index contributed by atoms with van der Waals surface area (Å²) in [6.45, 7) is 6.97. The van der Waals surface area contributed by atoms with E-state index in [1.807, 2.05) is 4.90 Å². The maximum atomic E-state index is 12.2. The van der Waals surface area contributed by atoms with Gasteiger partial charge in [0.2, 0.25) is 5.91 Å². The van der Waals surface area contributed by atoms with E-state index in [9.17, 15) is 9.59 Å². The molecule has 7 nitrogen and oxygen atoms in total. The van der Waals surface area contributed by atoms with E-state index in [1.165, 1.54) is 0 Å². The minimum absolute atomic E-state index is 0.122. The number of piperidine rings is 1. The Kier molecular flexibility index (Phi) is 5.50. The summed E-state index contributed by atoms with van der Waals surface area (Å²) in [5, 5.41) is 6.20. The molecule has 3 rings (SSSR count). The minimum Gasteiger partial charge on any atom is -0.368 e. The summed E-state index contributed by atoms with van der Waals surface area (Å²) >= 11 is 0. The molecule has 1 aromatic rings. The Bertz CT molecular complexity index is 659. The van der Waals surface area contributed by atoms with E-state index < -0.39 is 0 Å². The van der Waals surface area contributed by atoms with Crippen molar-refractivity contribution in [3.8, 4) is 0 Å². The van der Waals surface area contributed by atoms with E-state index in [1.54, 1.807) is 0 Å². The molecular weight excluding hydrogens is 318 g/mol. The number of fused-ring (bicyclic) bond motifs is 1. The maximum absolute atomic E-state index is 12.2. The largest absolute Gasteiger partial charge is 0.368 e. The van der Waals surface area contributed by atoms with Gasteiger partial charge in [-0.3, -0.25) is 9.59 Å². The van der Waals surface area contributed by atoms with E-state index >= 15 is 0 Å². The summed E-state index contributed by atoms with van der Waals surface area (Å²) in [6, 6.07) is 0. The molecule has 1 aromatic heterocycles. The van der Waals surface area contributed by atoms with Crippen molar-refractivity contribution < 1.29 is 9.59 Å². The van der Waals surface area contributed by atoms with E-state index in [-0.39, 0.29) is 11.8 Å². The lowest BCUT2D eigenvalue weighted by atomic mass is 10.0. The fourth-order valence-electron chi connectivity index (χ4n) is 3.35. The number of carbonyl (C=O) groups excluding carboxylic acids is 2. The molecule has 2 aliphatic rings. The summed E-state index contributed by atoms with van der Waals surface area (Å²) in [4.78, 5) is 35.1. The molecule has 0 spiro atoms. The lowest BCUT2D eigenvalue weighted by Gasteiger charge is -2.27.